The summed E-state index contributed by atoms with van der Waals surface area (Å²) in [6, 6.07) is 0.518. The fourth-order valence-electron chi connectivity index (χ4n) is 3.47. The molecule has 0 unspecified atom stereocenters. The van der Waals surface area contributed by atoms with Gasteiger partial charge in [0.1, 0.15) is 5.52 Å². The molecule has 5 heteroatoms. The van der Waals surface area contributed by atoms with Gasteiger partial charge in [-0.1, -0.05) is 20.8 Å². The van der Waals surface area contributed by atoms with Gasteiger partial charge in [0.2, 0.25) is 0 Å². The van der Waals surface area contributed by atoms with E-state index in [0.29, 0.717) is 11.5 Å². The fourth-order valence-corrected chi connectivity index (χ4v) is 3.80. The van der Waals surface area contributed by atoms with E-state index in [1.54, 1.807) is 0 Å². The van der Waals surface area contributed by atoms with Crippen molar-refractivity contribution in [3.8, 4) is 0 Å². The minimum atomic E-state index is 0.481. The molecule has 1 fully saturated rings. The highest BCUT2D eigenvalue weighted by atomic mass is 32.1. The minimum absolute atomic E-state index is 0.481. The van der Waals surface area contributed by atoms with E-state index in [4.69, 9.17) is 12.2 Å². The molecule has 2 aromatic heterocycles. The lowest BCUT2D eigenvalue weighted by Gasteiger charge is -2.35. The van der Waals surface area contributed by atoms with Crippen molar-refractivity contribution in [3.63, 3.8) is 0 Å². The first-order chi connectivity index (χ1) is 9.43. The summed E-state index contributed by atoms with van der Waals surface area (Å²) in [6.07, 6.45) is 5.89. The van der Waals surface area contributed by atoms with Crippen molar-refractivity contribution in [1.29, 1.82) is 0 Å². The van der Waals surface area contributed by atoms with Crippen LogP contribution in [0.25, 0.3) is 11.2 Å². The zero-order valence-corrected chi connectivity index (χ0v) is 13.7. The van der Waals surface area contributed by atoms with Crippen LogP contribution in [-0.4, -0.2) is 19.3 Å². The molecule has 0 spiro atoms. The molecule has 1 aliphatic rings. The summed E-state index contributed by atoms with van der Waals surface area (Å²) in [5.74, 6) is 0. The molecule has 0 bridgehead atoms. The lowest BCUT2D eigenvalue weighted by atomic mass is 9.75. The van der Waals surface area contributed by atoms with Crippen molar-refractivity contribution in [2.45, 2.75) is 58.9 Å². The summed E-state index contributed by atoms with van der Waals surface area (Å²) in [4.78, 5) is 3.38. The van der Waals surface area contributed by atoms with Crippen LogP contribution in [0, 0.1) is 10.2 Å². The summed E-state index contributed by atoms with van der Waals surface area (Å²) < 4.78 is 5.15. The van der Waals surface area contributed by atoms with Crippen molar-refractivity contribution in [2.24, 2.45) is 12.5 Å². The van der Waals surface area contributed by atoms with Gasteiger partial charge in [-0.05, 0) is 49.7 Å². The average molecular weight is 292 g/mol. The molecule has 20 heavy (non-hydrogen) atoms. The van der Waals surface area contributed by atoms with Crippen LogP contribution in [0.15, 0.2) is 0 Å². The van der Waals surface area contributed by atoms with E-state index in [0.717, 1.165) is 28.0 Å². The molecule has 0 aromatic carbocycles. The summed E-state index contributed by atoms with van der Waals surface area (Å²) in [7, 11) is 2.02. The third kappa shape index (κ3) is 2.12. The fraction of sp³-hybridized carbons (Fsp3) is 0.733. The van der Waals surface area contributed by atoms with E-state index in [-0.39, 0.29) is 0 Å². The quantitative estimate of drug-likeness (QED) is 0.845. The number of hydrogen-bond acceptors (Lipinski definition) is 2. The highest BCUT2D eigenvalue weighted by Crippen LogP contribution is 2.41. The molecule has 1 aliphatic carbocycles. The van der Waals surface area contributed by atoms with E-state index >= 15 is 0 Å². The van der Waals surface area contributed by atoms with Crippen molar-refractivity contribution in [3.05, 3.63) is 10.5 Å². The Morgan fingerprint density at radius 2 is 2.00 bits per heavy atom. The summed E-state index contributed by atoms with van der Waals surface area (Å²) in [5, 5.41) is 4.61. The van der Waals surface area contributed by atoms with Crippen molar-refractivity contribution >= 4 is 23.4 Å². The monoisotopic (exact) mass is 292 g/mol. The normalized spacial score (nSPS) is 19.8. The molecule has 110 valence electrons. The van der Waals surface area contributed by atoms with Gasteiger partial charge in [0.05, 0.1) is 5.69 Å². The molecule has 4 nitrogen and oxygen atoms in total. The topological polar surface area (TPSA) is 38.5 Å². The molecule has 0 aliphatic heterocycles. The van der Waals surface area contributed by atoms with Gasteiger partial charge < -0.3 is 4.98 Å². The molecule has 0 saturated heterocycles. The Labute approximate surface area is 125 Å². The maximum absolute atomic E-state index is 5.58. The number of hydrogen-bond donors (Lipinski definition) is 1. The number of nitrogens with zero attached hydrogens (tertiary/aromatic N) is 3. The molecule has 3 rings (SSSR count). The van der Waals surface area contributed by atoms with Gasteiger partial charge in [0.15, 0.2) is 10.4 Å². The van der Waals surface area contributed by atoms with E-state index in [1.165, 1.54) is 25.7 Å². The van der Waals surface area contributed by atoms with Gasteiger partial charge in [-0.2, -0.15) is 5.10 Å². The van der Waals surface area contributed by atoms with E-state index < -0.39 is 0 Å². The van der Waals surface area contributed by atoms with Crippen LogP contribution in [0.2, 0.25) is 0 Å². The number of aryl methyl sites for hydroxylation is 2. The van der Waals surface area contributed by atoms with Gasteiger partial charge in [0.25, 0.3) is 0 Å². The summed E-state index contributed by atoms with van der Waals surface area (Å²) in [5.41, 5.74) is 3.89. The van der Waals surface area contributed by atoms with Gasteiger partial charge in [-0.3, -0.25) is 9.25 Å². The van der Waals surface area contributed by atoms with E-state index in [9.17, 15) is 0 Å². The molecule has 1 N–H and O–H groups in total. The van der Waals surface area contributed by atoms with Gasteiger partial charge >= 0.3 is 0 Å². The van der Waals surface area contributed by atoms with Crippen LogP contribution in [-0.2, 0) is 13.5 Å². The molecule has 0 atom stereocenters. The first-order valence-electron chi connectivity index (χ1n) is 7.59. The number of imidazole rings is 1. The Kier molecular flexibility index (Phi) is 3.27. The smallest absolute Gasteiger partial charge is 0.179 e. The minimum Gasteiger partial charge on any atom is -0.328 e. The number of H-pyrrole nitrogens is 1. The second-order valence-electron chi connectivity index (χ2n) is 6.82. The molecular formula is C15H24N4S. The zero-order chi connectivity index (χ0) is 14.5. The number of aromatic amines is 1. The Balaban J connectivity index is 2.06. The highest BCUT2D eigenvalue weighted by molar-refractivity contribution is 7.71. The lowest BCUT2D eigenvalue weighted by molar-refractivity contribution is 0.194. The Bertz CT molecular complexity index is 679. The average Bonchev–Trinajstić information content (AvgIpc) is 2.87. The number of fused-ring (bicyclic) bond motifs is 1. The van der Waals surface area contributed by atoms with Crippen LogP contribution >= 0.6 is 12.2 Å². The largest absolute Gasteiger partial charge is 0.328 e. The predicted molar refractivity (Wildman–Crippen MR) is 84.6 cm³/mol. The molecule has 2 heterocycles. The number of nitrogens with one attached hydrogen (secondary N) is 1. The molecule has 1 saturated carbocycles. The SMILES string of the molecule is CCc1nn(C)c2c1[nH]c(=S)n2C1CCC(C)(C)CC1. The van der Waals surface area contributed by atoms with Crippen LogP contribution < -0.4 is 0 Å². The number of aromatic nitrogens is 4. The third-order valence-corrected chi connectivity index (χ3v) is 5.08. The van der Waals surface area contributed by atoms with Gasteiger partial charge in [-0.25, -0.2) is 0 Å². The van der Waals surface area contributed by atoms with Crippen molar-refractivity contribution in [2.75, 3.05) is 0 Å². The van der Waals surface area contributed by atoms with Gasteiger partial charge in [-0.15, -0.1) is 0 Å². The Hall–Kier alpha value is -1.10. The zero-order valence-electron chi connectivity index (χ0n) is 12.9. The number of rotatable bonds is 2. The van der Waals surface area contributed by atoms with E-state index in [1.807, 2.05) is 11.7 Å². The highest BCUT2D eigenvalue weighted by Gasteiger charge is 2.29. The van der Waals surface area contributed by atoms with Crippen LogP contribution in [0.4, 0.5) is 0 Å². The summed E-state index contributed by atoms with van der Waals surface area (Å²) in [6.45, 7) is 6.88. The predicted octanol–water partition coefficient (Wildman–Crippen LogP) is 4.14. The van der Waals surface area contributed by atoms with Crippen molar-refractivity contribution < 1.29 is 0 Å². The van der Waals surface area contributed by atoms with Crippen LogP contribution in [0.3, 0.4) is 0 Å². The first-order valence-corrected chi connectivity index (χ1v) is 8.00. The second kappa shape index (κ2) is 4.72. The van der Waals surface area contributed by atoms with Crippen LogP contribution in [0.1, 0.15) is 58.2 Å². The molecule has 2 aromatic rings. The lowest BCUT2D eigenvalue weighted by Crippen LogP contribution is -2.24. The molecular weight excluding hydrogens is 268 g/mol. The Morgan fingerprint density at radius 3 is 2.60 bits per heavy atom. The third-order valence-electron chi connectivity index (χ3n) is 4.78. The molecule has 0 amide bonds. The summed E-state index contributed by atoms with van der Waals surface area (Å²) >= 11 is 5.58. The van der Waals surface area contributed by atoms with E-state index in [2.05, 4.69) is 35.4 Å². The van der Waals surface area contributed by atoms with Gasteiger partial charge in [0, 0.05) is 13.1 Å². The first kappa shape index (κ1) is 13.9. The van der Waals surface area contributed by atoms with Crippen molar-refractivity contribution in [1.82, 2.24) is 19.3 Å². The maximum Gasteiger partial charge on any atom is 0.179 e. The standard InChI is InChI=1S/C15H24N4S/c1-5-11-12-13(18(4)17-11)19(14(20)16-12)10-6-8-15(2,3)9-7-10/h10H,5-9H2,1-4H3,(H,16,20). The second-order valence-corrected chi connectivity index (χ2v) is 7.20. The maximum atomic E-state index is 5.58. The van der Waals surface area contributed by atoms with Crippen LogP contribution in [0.5, 0.6) is 0 Å². The molecule has 0 radical (unpaired) electrons. The Morgan fingerprint density at radius 1 is 1.35 bits per heavy atom.